The molecule has 1 amide bonds. The lowest BCUT2D eigenvalue weighted by Gasteiger charge is -2.11. The highest BCUT2D eigenvalue weighted by atomic mass is 16.5. The van der Waals surface area contributed by atoms with E-state index in [4.69, 9.17) is 14.2 Å². The number of carbonyl (C=O) groups excluding carboxylic acids is 1. The van der Waals surface area contributed by atoms with E-state index in [9.17, 15) is 4.79 Å². The summed E-state index contributed by atoms with van der Waals surface area (Å²) in [6.07, 6.45) is 1.68. The summed E-state index contributed by atoms with van der Waals surface area (Å²) in [6, 6.07) is 14.7. The molecule has 2 aromatic carbocycles. The Morgan fingerprint density at radius 1 is 1.04 bits per heavy atom. The van der Waals surface area contributed by atoms with Crippen molar-refractivity contribution in [1.29, 1.82) is 0 Å². The van der Waals surface area contributed by atoms with Gasteiger partial charge in [0.05, 0.1) is 13.2 Å². The molecular weight excluding hydrogens is 344 g/mol. The normalized spacial score (nSPS) is 10.1. The van der Waals surface area contributed by atoms with Crippen LogP contribution in [0.4, 0.5) is 11.4 Å². The SMILES string of the molecule is C=CCOc1ccc(NC(=O)CNc2cccc(OCCOCC)c2)cc1. The fourth-order valence-electron chi connectivity index (χ4n) is 2.24. The highest BCUT2D eigenvalue weighted by Gasteiger charge is 2.04. The molecule has 0 aliphatic carbocycles. The van der Waals surface area contributed by atoms with Crippen LogP contribution in [-0.2, 0) is 9.53 Å². The standard InChI is InChI=1S/C21H26N2O4/c1-3-12-26-19-10-8-17(9-11-19)23-21(24)16-22-18-6-5-7-20(15-18)27-14-13-25-4-2/h3,5-11,15,22H,1,4,12-14,16H2,2H3,(H,23,24). The van der Waals surface area contributed by atoms with Gasteiger partial charge >= 0.3 is 0 Å². The van der Waals surface area contributed by atoms with Crippen LogP contribution >= 0.6 is 0 Å². The molecule has 0 bridgehead atoms. The van der Waals surface area contributed by atoms with Gasteiger partial charge in [0.1, 0.15) is 24.7 Å². The number of amides is 1. The van der Waals surface area contributed by atoms with Crippen LogP contribution < -0.4 is 20.1 Å². The highest BCUT2D eigenvalue weighted by Crippen LogP contribution is 2.18. The number of hydrogen-bond acceptors (Lipinski definition) is 5. The Hall–Kier alpha value is -2.99. The summed E-state index contributed by atoms with van der Waals surface area (Å²) in [5.41, 5.74) is 1.52. The molecule has 0 saturated carbocycles. The van der Waals surface area contributed by atoms with E-state index in [0.717, 1.165) is 17.2 Å². The lowest BCUT2D eigenvalue weighted by Crippen LogP contribution is -2.21. The fourth-order valence-corrected chi connectivity index (χ4v) is 2.24. The van der Waals surface area contributed by atoms with Crippen molar-refractivity contribution >= 4 is 17.3 Å². The summed E-state index contributed by atoms with van der Waals surface area (Å²) < 4.78 is 16.3. The van der Waals surface area contributed by atoms with E-state index >= 15 is 0 Å². The quantitative estimate of drug-likeness (QED) is 0.440. The summed E-state index contributed by atoms with van der Waals surface area (Å²) in [6.45, 7) is 7.86. The Balaban J connectivity index is 1.77. The number of carbonyl (C=O) groups is 1. The second-order valence-corrected chi connectivity index (χ2v) is 5.60. The molecule has 0 aromatic heterocycles. The predicted octanol–water partition coefficient (Wildman–Crippen LogP) is 3.72. The number of ether oxygens (including phenoxy) is 3. The molecule has 2 rings (SSSR count). The van der Waals surface area contributed by atoms with Crippen LogP contribution in [0, 0.1) is 0 Å². The minimum Gasteiger partial charge on any atom is -0.491 e. The van der Waals surface area contributed by atoms with Gasteiger partial charge in [0.2, 0.25) is 5.91 Å². The summed E-state index contributed by atoms with van der Waals surface area (Å²) in [4.78, 5) is 12.1. The first-order chi connectivity index (χ1) is 13.2. The van der Waals surface area contributed by atoms with Gasteiger partial charge in [0.25, 0.3) is 0 Å². The van der Waals surface area contributed by atoms with Crippen molar-refractivity contribution < 1.29 is 19.0 Å². The third kappa shape index (κ3) is 7.83. The molecule has 0 radical (unpaired) electrons. The monoisotopic (exact) mass is 370 g/mol. The van der Waals surface area contributed by atoms with Gasteiger partial charge in [-0.1, -0.05) is 18.7 Å². The van der Waals surface area contributed by atoms with Gasteiger partial charge in [0, 0.05) is 24.0 Å². The van der Waals surface area contributed by atoms with E-state index in [1.807, 2.05) is 31.2 Å². The van der Waals surface area contributed by atoms with Gasteiger partial charge in [-0.05, 0) is 43.3 Å². The molecule has 0 unspecified atom stereocenters. The first-order valence-electron chi connectivity index (χ1n) is 8.89. The Labute approximate surface area is 160 Å². The second kappa shape index (κ2) is 11.6. The maximum atomic E-state index is 12.1. The van der Waals surface area contributed by atoms with E-state index in [0.29, 0.717) is 32.1 Å². The Morgan fingerprint density at radius 3 is 2.59 bits per heavy atom. The third-order valence-electron chi connectivity index (χ3n) is 3.49. The van der Waals surface area contributed by atoms with E-state index in [1.54, 1.807) is 30.3 Å². The molecule has 27 heavy (non-hydrogen) atoms. The van der Waals surface area contributed by atoms with Crippen molar-refractivity contribution in [3.8, 4) is 11.5 Å². The number of benzene rings is 2. The van der Waals surface area contributed by atoms with Crippen LogP contribution in [0.1, 0.15) is 6.92 Å². The molecule has 6 heteroatoms. The van der Waals surface area contributed by atoms with Gasteiger partial charge in [-0.2, -0.15) is 0 Å². The van der Waals surface area contributed by atoms with Gasteiger partial charge in [-0.3, -0.25) is 4.79 Å². The summed E-state index contributed by atoms with van der Waals surface area (Å²) in [5, 5.41) is 5.92. The topological polar surface area (TPSA) is 68.8 Å². The van der Waals surface area contributed by atoms with Gasteiger partial charge in [0.15, 0.2) is 0 Å². The average molecular weight is 370 g/mol. The third-order valence-corrected chi connectivity index (χ3v) is 3.49. The lowest BCUT2D eigenvalue weighted by atomic mass is 10.3. The van der Waals surface area contributed by atoms with Gasteiger partial charge in [-0.15, -0.1) is 0 Å². The van der Waals surface area contributed by atoms with Crippen molar-refractivity contribution in [1.82, 2.24) is 0 Å². The van der Waals surface area contributed by atoms with Crippen LogP contribution in [0.2, 0.25) is 0 Å². The van der Waals surface area contributed by atoms with Gasteiger partial charge in [-0.25, -0.2) is 0 Å². The summed E-state index contributed by atoms with van der Waals surface area (Å²) in [5.74, 6) is 1.32. The Bertz CT molecular complexity index is 716. The van der Waals surface area contributed by atoms with Crippen molar-refractivity contribution in [2.45, 2.75) is 6.92 Å². The zero-order chi connectivity index (χ0) is 19.3. The predicted molar refractivity (Wildman–Crippen MR) is 108 cm³/mol. The maximum Gasteiger partial charge on any atom is 0.243 e. The second-order valence-electron chi connectivity index (χ2n) is 5.60. The molecule has 0 spiro atoms. The molecule has 2 N–H and O–H groups in total. The maximum absolute atomic E-state index is 12.1. The van der Waals surface area contributed by atoms with Crippen molar-refractivity contribution in [3.05, 3.63) is 61.2 Å². The van der Waals surface area contributed by atoms with Crippen LogP contribution in [0.5, 0.6) is 11.5 Å². The highest BCUT2D eigenvalue weighted by molar-refractivity contribution is 5.93. The van der Waals surface area contributed by atoms with Crippen LogP contribution in [-0.4, -0.2) is 38.9 Å². The molecule has 0 saturated heterocycles. The van der Waals surface area contributed by atoms with Gasteiger partial charge < -0.3 is 24.8 Å². The zero-order valence-corrected chi connectivity index (χ0v) is 15.6. The first-order valence-corrected chi connectivity index (χ1v) is 8.89. The van der Waals surface area contributed by atoms with Crippen LogP contribution in [0.25, 0.3) is 0 Å². The molecule has 0 fully saturated rings. The molecule has 6 nitrogen and oxygen atoms in total. The average Bonchev–Trinajstić information content (AvgIpc) is 2.69. The smallest absolute Gasteiger partial charge is 0.243 e. The molecule has 144 valence electrons. The first kappa shape index (κ1) is 20.3. The lowest BCUT2D eigenvalue weighted by molar-refractivity contribution is -0.114. The molecule has 2 aromatic rings. The molecular formula is C21H26N2O4. The number of hydrogen-bond donors (Lipinski definition) is 2. The van der Waals surface area contributed by atoms with Crippen LogP contribution in [0.3, 0.4) is 0 Å². The molecule has 0 aliphatic rings. The summed E-state index contributed by atoms with van der Waals surface area (Å²) in [7, 11) is 0. The van der Waals surface area contributed by atoms with Crippen molar-refractivity contribution in [3.63, 3.8) is 0 Å². The van der Waals surface area contributed by atoms with E-state index < -0.39 is 0 Å². The fraction of sp³-hybridized carbons (Fsp3) is 0.286. The molecule has 0 atom stereocenters. The van der Waals surface area contributed by atoms with E-state index in [1.165, 1.54) is 0 Å². The minimum absolute atomic E-state index is 0.141. The molecule has 0 aliphatic heterocycles. The zero-order valence-electron chi connectivity index (χ0n) is 15.6. The molecule has 0 heterocycles. The number of anilines is 2. The van der Waals surface area contributed by atoms with E-state index in [-0.39, 0.29) is 12.5 Å². The van der Waals surface area contributed by atoms with Crippen LogP contribution in [0.15, 0.2) is 61.2 Å². The minimum atomic E-state index is -0.141. The van der Waals surface area contributed by atoms with E-state index in [2.05, 4.69) is 17.2 Å². The largest absolute Gasteiger partial charge is 0.491 e. The van der Waals surface area contributed by atoms with Crippen molar-refractivity contribution in [2.24, 2.45) is 0 Å². The number of rotatable bonds is 12. The van der Waals surface area contributed by atoms with Crippen molar-refractivity contribution in [2.75, 3.05) is 43.6 Å². The summed E-state index contributed by atoms with van der Waals surface area (Å²) >= 11 is 0. The Kier molecular flexibility index (Phi) is 8.73. The number of nitrogens with one attached hydrogen (secondary N) is 2. The Morgan fingerprint density at radius 2 is 1.85 bits per heavy atom.